The molecule has 20 heavy (non-hydrogen) atoms. The van der Waals surface area contributed by atoms with Crippen LogP contribution >= 0.6 is 0 Å². The first-order chi connectivity index (χ1) is 9.48. The fourth-order valence-corrected chi connectivity index (χ4v) is 2.89. The standard InChI is InChI=1S/C11H14N4O4S/c1-2-3-9-13-11(16)14(15(17)12-13)20(18,19)10-7-5-4-6-8-10/h4-8H,2-3,9H2,1H3. The number of hydrogen-bond donors (Lipinski definition) is 0. The summed E-state index contributed by atoms with van der Waals surface area (Å²) in [6.45, 7) is 2.11. The van der Waals surface area contributed by atoms with E-state index in [9.17, 15) is 18.4 Å². The van der Waals surface area contributed by atoms with Gasteiger partial charge in [-0.05, 0) is 23.5 Å². The number of hydrogen-bond acceptors (Lipinski definition) is 5. The maximum atomic E-state index is 12.3. The molecule has 0 spiro atoms. The lowest BCUT2D eigenvalue weighted by Crippen LogP contribution is -2.47. The van der Waals surface area contributed by atoms with E-state index in [4.69, 9.17) is 0 Å². The van der Waals surface area contributed by atoms with E-state index < -0.39 is 15.7 Å². The van der Waals surface area contributed by atoms with Crippen molar-refractivity contribution in [2.45, 2.75) is 31.2 Å². The molecule has 0 aliphatic heterocycles. The predicted molar refractivity (Wildman–Crippen MR) is 69.4 cm³/mol. The largest absolute Gasteiger partial charge is 0.671 e. The Morgan fingerprint density at radius 2 is 1.95 bits per heavy atom. The van der Waals surface area contributed by atoms with Crippen molar-refractivity contribution >= 4 is 10.0 Å². The van der Waals surface area contributed by atoms with E-state index in [1.165, 1.54) is 24.3 Å². The summed E-state index contributed by atoms with van der Waals surface area (Å²) in [5, 5.41) is 15.0. The van der Waals surface area contributed by atoms with Gasteiger partial charge in [-0.15, -0.1) is 0 Å². The van der Waals surface area contributed by atoms with Crippen LogP contribution in [0.4, 0.5) is 0 Å². The minimum absolute atomic E-state index is 0.123. The summed E-state index contributed by atoms with van der Waals surface area (Å²) in [5.74, 6) is 0. The van der Waals surface area contributed by atoms with Crippen molar-refractivity contribution in [2.24, 2.45) is 0 Å². The topological polar surface area (TPSA) is 101 Å². The van der Waals surface area contributed by atoms with Crippen LogP contribution in [0.1, 0.15) is 19.8 Å². The molecule has 0 N–H and O–H groups in total. The maximum absolute atomic E-state index is 12.3. The highest BCUT2D eigenvalue weighted by Crippen LogP contribution is 2.08. The Morgan fingerprint density at radius 3 is 2.55 bits per heavy atom. The third-order valence-electron chi connectivity index (χ3n) is 2.72. The molecule has 0 fully saturated rings. The smallest absolute Gasteiger partial charge is 0.484 e. The van der Waals surface area contributed by atoms with E-state index in [0.29, 0.717) is 6.42 Å². The van der Waals surface area contributed by atoms with Gasteiger partial charge in [-0.2, -0.15) is 8.42 Å². The monoisotopic (exact) mass is 298 g/mol. The molecule has 0 aliphatic rings. The first-order valence-electron chi connectivity index (χ1n) is 6.09. The van der Waals surface area contributed by atoms with Crippen LogP contribution < -0.4 is 10.6 Å². The molecule has 1 aromatic carbocycles. The third kappa shape index (κ3) is 2.44. The zero-order chi connectivity index (χ0) is 14.8. The number of aryl methyl sites for hydroxylation is 1. The molecule has 8 nitrogen and oxygen atoms in total. The zero-order valence-corrected chi connectivity index (χ0v) is 11.7. The minimum Gasteiger partial charge on any atom is -0.671 e. The lowest BCUT2D eigenvalue weighted by molar-refractivity contribution is -0.738. The van der Waals surface area contributed by atoms with E-state index in [-0.39, 0.29) is 20.5 Å². The van der Waals surface area contributed by atoms with E-state index in [1.807, 2.05) is 6.92 Å². The molecule has 0 unspecified atom stereocenters. The number of nitrogens with zero attached hydrogens (tertiary/aromatic N) is 4. The van der Waals surface area contributed by atoms with Gasteiger partial charge in [0.1, 0.15) is 11.8 Å². The molecule has 0 saturated carbocycles. The molecule has 0 saturated heterocycles. The SMILES string of the molecule is CCCCn1n[n+]([O-])n(S(=O)(=O)c2ccccc2)c1=O. The Labute approximate surface area is 115 Å². The first-order valence-corrected chi connectivity index (χ1v) is 7.53. The number of aromatic nitrogens is 4. The summed E-state index contributed by atoms with van der Waals surface area (Å²) in [7, 11) is -4.23. The van der Waals surface area contributed by atoms with Crippen LogP contribution in [0.3, 0.4) is 0 Å². The van der Waals surface area contributed by atoms with Gasteiger partial charge in [0.15, 0.2) is 0 Å². The van der Waals surface area contributed by atoms with Crippen molar-refractivity contribution in [2.75, 3.05) is 0 Å². The lowest BCUT2D eigenvalue weighted by Gasteiger charge is -2.03. The molecular formula is C11H14N4O4S. The van der Waals surface area contributed by atoms with Crippen LogP contribution in [0, 0.1) is 5.21 Å². The van der Waals surface area contributed by atoms with Gasteiger partial charge < -0.3 is 5.21 Å². The van der Waals surface area contributed by atoms with Crippen molar-refractivity contribution in [3.63, 3.8) is 0 Å². The summed E-state index contributed by atoms with van der Waals surface area (Å²) < 4.78 is 25.5. The number of rotatable bonds is 5. The molecule has 0 aliphatic carbocycles. The molecule has 2 aromatic rings. The van der Waals surface area contributed by atoms with Crippen molar-refractivity contribution in [1.29, 1.82) is 0 Å². The highest BCUT2D eigenvalue weighted by atomic mass is 32.2. The van der Waals surface area contributed by atoms with Gasteiger partial charge in [0.2, 0.25) is 0 Å². The summed E-state index contributed by atoms with van der Waals surface area (Å²) in [5.41, 5.74) is -0.961. The second-order valence-corrected chi connectivity index (χ2v) is 5.93. The molecule has 9 heteroatoms. The average Bonchev–Trinajstić information content (AvgIpc) is 2.72. The Morgan fingerprint density at radius 1 is 1.30 bits per heavy atom. The Balaban J connectivity index is 2.54. The Kier molecular flexibility index (Phi) is 3.89. The highest BCUT2D eigenvalue weighted by molar-refractivity contribution is 7.89. The predicted octanol–water partition coefficient (Wildman–Crippen LogP) is -0.285. The van der Waals surface area contributed by atoms with Crippen molar-refractivity contribution in [1.82, 2.24) is 14.0 Å². The first kappa shape index (κ1) is 14.3. The van der Waals surface area contributed by atoms with Crippen LogP contribution in [0.25, 0.3) is 0 Å². The van der Waals surface area contributed by atoms with E-state index in [1.54, 1.807) is 6.07 Å². The fraction of sp³-hybridized carbons (Fsp3) is 0.364. The van der Waals surface area contributed by atoms with Crippen LogP contribution in [0.5, 0.6) is 0 Å². The second-order valence-electron chi connectivity index (χ2n) is 4.16. The van der Waals surface area contributed by atoms with Crippen molar-refractivity contribution in [3.8, 4) is 0 Å². The molecule has 1 heterocycles. The van der Waals surface area contributed by atoms with Crippen LogP contribution in [-0.4, -0.2) is 22.4 Å². The van der Waals surface area contributed by atoms with E-state index in [2.05, 4.69) is 5.21 Å². The number of unbranched alkanes of at least 4 members (excludes halogenated alkanes) is 1. The maximum Gasteiger partial charge on any atom is 0.484 e. The van der Waals surface area contributed by atoms with Gasteiger partial charge >= 0.3 is 15.7 Å². The third-order valence-corrected chi connectivity index (χ3v) is 4.34. The molecule has 2 rings (SSSR count). The molecule has 1 aromatic heterocycles. The van der Waals surface area contributed by atoms with Crippen LogP contribution in [0.2, 0.25) is 0 Å². The van der Waals surface area contributed by atoms with Gasteiger partial charge in [0, 0.05) is 4.09 Å². The van der Waals surface area contributed by atoms with Crippen molar-refractivity contribution in [3.05, 3.63) is 46.0 Å². The molecule has 0 bridgehead atoms. The molecule has 0 atom stereocenters. The quantitative estimate of drug-likeness (QED) is 0.558. The van der Waals surface area contributed by atoms with Gasteiger partial charge in [0.05, 0.1) is 4.90 Å². The summed E-state index contributed by atoms with van der Waals surface area (Å²) in [4.78, 5) is 11.6. The molecule has 0 radical (unpaired) electrons. The molecule has 108 valence electrons. The minimum atomic E-state index is -4.23. The van der Waals surface area contributed by atoms with E-state index >= 15 is 0 Å². The molecular weight excluding hydrogens is 284 g/mol. The van der Waals surface area contributed by atoms with Gasteiger partial charge in [-0.3, -0.25) is 0 Å². The second kappa shape index (κ2) is 5.45. The highest BCUT2D eigenvalue weighted by Gasteiger charge is 2.29. The van der Waals surface area contributed by atoms with Gasteiger partial charge in [0.25, 0.3) is 0 Å². The average molecular weight is 298 g/mol. The van der Waals surface area contributed by atoms with Gasteiger partial charge in [-0.25, -0.2) is 4.79 Å². The summed E-state index contributed by atoms with van der Waals surface area (Å²) in [6, 6.07) is 7.27. The van der Waals surface area contributed by atoms with Gasteiger partial charge in [-0.1, -0.05) is 36.2 Å². The van der Waals surface area contributed by atoms with Crippen LogP contribution in [-0.2, 0) is 16.6 Å². The summed E-state index contributed by atoms with van der Waals surface area (Å²) >= 11 is 0. The Hall–Kier alpha value is -2.16. The number of benzene rings is 1. The van der Waals surface area contributed by atoms with E-state index in [0.717, 1.165) is 11.1 Å². The van der Waals surface area contributed by atoms with Crippen LogP contribution in [0.15, 0.2) is 40.0 Å². The zero-order valence-electron chi connectivity index (χ0n) is 10.8. The van der Waals surface area contributed by atoms with Crippen molar-refractivity contribution < 1.29 is 13.4 Å². The molecule has 0 amide bonds. The Bertz CT molecular complexity index is 748. The summed E-state index contributed by atoms with van der Waals surface area (Å²) in [6.07, 6.45) is 1.42. The number of tetrazole rings is 1. The fourth-order valence-electron chi connectivity index (χ4n) is 1.67. The lowest BCUT2D eigenvalue weighted by atomic mass is 10.3. The normalized spacial score (nSPS) is 11.7.